The fourth-order valence-electron chi connectivity index (χ4n) is 0.890. The summed E-state index contributed by atoms with van der Waals surface area (Å²) in [5.41, 5.74) is 0. The third-order valence-corrected chi connectivity index (χ3v) is 4.19. The lowest BCUT2D eigenvalue weighted by atomic mass is 10.5. The van der Waals surface area contributed by atoms with Gasteiger partial charge in [-0.3, -0.25) is 0 Å². The number of hydrogen-bond donors (Lipinski definition) is 1. The van der Waals surface area contributed by atoms with Gasteiger partial charge in [-0.2, -0.15) is 0 Å². The lowest BCUT2D eigenvalue weighted by Crippen LogP contribution is -2.10. The van der Waals surface area contributed by atoms with Crippen molar-refractivity contribution in [2.75, 3.05) is 6.16 Å². The van der Waals surface area contributed by atoms with E-state index in [0.29, 0.717) is 6.16 Å². The predicted octanol–water partition coefficient (Wildman–Crippen LogP) is 2.61. The van der Waals surface area contributed by atoms with E-state index >= 15 is 0 Å². The number of rotatable bonds is 6. The van der Waals surface area contributed by atoms with Crippen LogP contribution < -0.4 is 0 Å². The summed E-state index contributed by atoms with van der Waals surface area (Å²) in [5.74, 6) is 0. The third-order valence-electron chi connectivity index (χ3n) is 1.13. The highest BCUT2D eigenvalue weighted by Gasteiger charge is 2.21. The highest BCUT2D eigenvalue weighted by Crippen LogP contribution is 2.49. The van der Waals surface area contributed by atoms with Crippen LogP contribution in [0.3, 0.4) is 0 Å². The third kappa shape index (κ3) is 6.49. The molecule has 0 radical (unpaired) electrons. The maximum Gasteiger partial charge on any atom is 0.194 e. The molecule has 6 heteroatoms. The number of hydrogen-bond acceptors (Lipinski definition) is 5. The number of oxime groups is 1. The Morgan fingerprint density at radius 2 is 1.71 bits per heavy atom. The first-order valence-electron chi connectivity index (χ1n) is 4.51. The first-order chi connectivity index (χ1) is 6.39. The Balaban J connectivity index is 4.41. The molecule has 0 unspecified atom stereocenters. The summed E-state index contributed by atoms with van der Waals surface area (Å²) in [7, 11) is 0. The van der Waals surface area contributed by atoms with Crippen LogP contribution >= 0.6 is 6.49 Å². The van der Waals surface area contributed by atoms with Gasteiger partial charge in [0.15, 0.2) is 6.49 Å². The second-order valence-corrected chi connectivity index (χ2v) is 7.08. The molecule has 14 heavy (non-hydrogen) atoms. The largest absolute Gasteiger partial charge is 0.411 e. The molecule has 0 aromatic rings. The molecule has 0 aromatic carbocycles. The Labute approximate surface area is 90.5 Å². The average molecular weight is 239 g/mol. The molecule has 0 aliphatic heterocycles. The van der Waals surface area contributed by atoms with E-state index in [9.17, 15) is 0 Å². The molecule has 84 valence electrons. The summed E-state index contributed by atoms with van der Waals surface area (Å²) in [4.78, 5) is 0. The zero-order valence-electron chi connectivity index (χ0n) is 9.01. The Morgan fingerprint density at radius 3 is 2.00 bits per heavy atom. The van der Waals surface area contributed by atoms with Crippen molar-refractivity contribution < 1.29 is 14.3 Å². The summed E-state index contributed by atoms with van der Waals surface area (Å²) >= 11 is 5.28. The van der Waals surface area contributed by atoms with Crippen LogP contribution in [0.2, 0.25) is 0 Å². The van der Waals surface area contributed by atoms with Crippen LogP contribution in [-0.4, -0.2) is 29.8 Å². The molecule has 0 fully saturated rings. The van der Waals surface area contributed by atoms with Crippen LogP contribution in [0, 0.1) is 0 Å². The van der Waals surface area contributed by atoms with Gasteiger partial charge in [0, 0.05) is 0 Å². The molecule has 0 saturated heterocycles. The Hall–Kier alpha value is 0.0400. The predicted molar refractivity (Wildman–Crippen MR) is 61.9 cm³/mol. The van der Waals surface area contributed by atoms with Gasteiger partial charge in [-0.25, -0.2) is 0 Å². The fraction of sp³-hybridized carbons (Fsp3) is 0.875. The smallest absolute Gasteiger partial charge is 0.194 e. The minimum atomic E-state index is -2.32. The minimum absolute atomic E-state index is 0.0201. The van der Waals surface area contributed by atoms with Gasteiger partial charge in [-0.1, -0.05) is 0 Å². The molecule has 0 saturated carbocycles. The van der Waals surface area contributed by atoms with Crippen molar-refractivity contribution in [3.8, 4) is 0 Å². The van der Waals surface area contributed by atoms with E-state index in [-0.39, 0.29) is 12.2 Å². The molecule has 0 spiro atoms. The summed E-state index contributed by atoms with van der Waals surface area (Å²) in [6.45, 7) is 5.29. The zero-order valence-corrected chi connectivity index (χ0v) is 10.7. The lowest BCUT2D eigenvalue weighted by molar-refractivity contribution is 0.177. The summed E-state index contributed by atoms with van der Waals surface area (Å²) in [6.07, 6.45) is 1.72. The zero-order chi connectivity index (χ0) is 11.2. The highest BCUT2D eigenvalue weighted by molar-refractivity contribution is 8.10. The summed E-state index contributed by atoms with van der Waals surface area (Å²) in [5, 5.41) is 11.2. The van der Waals surface area contributed by atoms with Crippen LogP contribution in [0.15, 0.2) is 5.16 Å². The molecule has 0 heterocycles. The van der Waals surface area contributed by atoms with Gasteiger partial charge in [0.2, 0.25) is 0 Å². The van der Waals surface area contributed by atoms with Crippen molar-refractivity contribution in [1.82, 2.24) is 0 Å². The highest BCUT2D eigenvalue weighted by atomic mass is 32.5. The Morgan fingerprint density at radius 1 is 1.29 bits per heavy atom. The van der Waals surface area contributed by atoms with E-state index < -0.39 is 6.49 Å². The molecule has 0 bridgehead atoms. The van der Waals surface area contributed by atoms with Crippen LogP contribution in [0.25, 0.3) is 0 Å². The van der Waals surface area contributed by atoms with Gasteiger partial charge >= 0.3 is 0 Å². The maximum absolute atomic E-state index is 8.33. The Bertz CT molecular complexity index is 217. The molecular formula is C8H18NO3PS. The first-order valence-corrected chi connectivity index (χ1v) is 7.33. The van der Waals surface area contributed by atoms with Crippen LogP contribution in [0.4, 0.5) is 0 Å². The van der Waals surface area contributed by atoms with E-state index in [1.54, 1.807) is 0 Å². The summed E-state index contributed by atoms with van der Waals surface area (Å²) < 4.78 is 11.1. The van der Waals surface area contributed by atoms with Crippen molar-refractivity contribution in [2.24, 2.45) is 5.16 Å². The van der Waals surface area contributed by atoms with Gasteiger partial charge in [-0.15, -0.1) is 5.16 Å². The molecule has 1 N–H and O–H groups in total. The maximum atomic E-state index is 8.33. The molecule has 0 atom stereocenters. The molecule has 0 rings (SSSR count). The van der Waals surface area contributed by atoms with Crippen LogP contribution in [-0.2, 0) is 20.9 Å². The molecule has 0 aliphatic rings. The van der Waals surface area contributed by atoms with E-state index in [1.165, 1.54) is 6.21 Å². The standard InChI is InChI=1S/C8H18NO3PS/c1-7(2)11-13(14,6-5-9-10)12-8(3)4/h5,7-8,10H,6H2,1-4H3/b9-5+. The van der Waals surface area contributed by atoms with Gasteiger partial charge in [0.1, 0.15) is 0 Å². The van der Waals surface area contributed by atoms with Crippen LogP contribution in [0.1, 0.15) is 27.7 Å². The molecule has 0 amide bonds. The van der Waals surface area contributed by atoms with Crippen molar-refractivity contribution in [1.29, 1.82) is 0 Å². The van der Waals surface area contributed by atoms with Crippen molar-refractivity contribution in [3.63, 3.8) is 0 Å². The van der Waals surface area contributed by atoms with Gasteiger partial charge < -0.3 is 14.3 Å². The van der Waals surface area contributed by atoms with E-state index in [2.05, 4.69) is 5.16 Å². The SMILES string of the molecule is CC(C)OP(=S)(C/C=N/O)OC(C)C. The second kappa shape index (κ2) is 6.51. The van der Waals surface area contributed by atoms with Crippen molar-refractivity contribution in [3.05, 3.63) is 0 Å². The van der Waals surface area contributed by atoms with E-state index in [0.717, 1.165) is 0 Å². The van der Waals surface area contributed by atoms with Crippen molar-refractivity contribution in [2.45, 2.75) is 39.9 Å². The average Bonchev–Trinajstić information content (AvgIpc) is 1.97. The van der Waals surface area contributed by atoms with E-state index in [1.807, 2.05) is 27.7 Å². The normalized spacial score (nSPS) is 13.3. The molecule has 0 aliphatic carbocycles. The van der Waals surface area contributed by atoms with Crippen LogP contribution in [0.5, 0.6) is 0 Å². The quantitative estimate of drug-likeness (QED) is 0.335. The number of nitrogens with zero attached hydrogens (tertiary/aromatic N) is 1. The van der Waals surface area contributed by atoms with Gasteiger partial charge in [-0.05, 0) is 39.5 Å². The summed E-state index contributed by atoms with van der Waals surface area (Å²) in [6, 6.07) is 0. The second-order valence-electron chi connectivity index (χ2n) is 3.40. The van der Waals surface area contributed by atoms with Crippen molar-refractivity contribution >= 4 is 24.5 Å². The topological polar surface area (TPSA) is 51.0 Å². The molecule has 4 nitrogen and oxygen atoms in total. The molecule has 0 aromatic heterocycles. The van der Waals surface area contributed by atoms with E-state index in [4.69, 9.17) is 26.1 Å². The first kappa shape index (κ1) is 14.0. The monoisotopic (exact) mass is 239 g/mol. The molecular weight excluding hydrogens is 221 g/mol. The van der Waals surface area contributed by atoms with Gasteiger partial charge in [0.25, 0.3) is 0 Å². The fourth-order valence-corrected chi connectivity index (χ4v) is 3.90. The Kier molecular flexibility index (Phi) is 6.53. The minimum Gasteiger partial charge on any atom is -0.411 e. The lowest BCUT2D eigenvalue weighted by Gasteiger charge is -2.24. The van der Waals surface area contributed by atoms with Gasteiger partial charge in [0.05, 0.1) is 24.6 Å².